The zero-order valence-corrected chi connectivity index (χ0v) is 10.8. The molecular weight excluding hydrogens is 238 g/mol. The van der Waals surface area contributed by atoms with Crippen LogP contribution in [-0.2, 0) is 10.0 Å². The number of sulfonamides is 1. The van der Waals surface area contributed by atoms with E-state index in [1.807, 2.05) is 0 Å². The standard InChI is InChI=1S/C11H19N3O2S/c1-2-3-4-7-14-11-8-9(17(13,15)16)5-6-10(11)12/h5-6,8,14H,2-4,7,12H2,1H3,(H2,13,15,16). The van der Waals surface area contributed by atoms with E-state index in [-0.39, 0.29) is 4.90 Å². The smallest absolute Gasteiger partial charge is 0.238 e. The lowest BCUT2D eigenvalue weighted by atomic mass is 10.2. The van der Waals surface area contributed by atoms with Crippen LogP contribution in [0.3, 0.4) is 0 Å². The predicted molar refractivity (Wildman–Crippen MR) is 70.2 cm³/mol. The van der Waals surface area contributed by atoms with Crippen molar-refractivity contribution in [1.82, 2.24) is 0 Å². The first-order chi connectivity index (χ1) is 7.95. The van der Waals surface area contributed by atoms with Crippen LogP contribution in [0.15, 0.2) is 23.1 Å². The fourth-order valence-corrected chi connectivity index (χ4v) is 2.00. The van der Waals surface area contributed by atoms with Crippen molar-refractivity contribution < 1.29 is 8.42 Å². The molecule has 0 aromatic heterocycles. The molecule has 0 spiro atoms. The Kier molecular flexibility index (Phi) is 4.77. The van der Waals surface area contributed by atoms with Crippen LogP contribution in [0.5, 0.6) is 0 Å². The summed E-state index contributed by atoms with van der Waals surface area (Å²) in [7, 11) is -3.67. The average Bonchev–Trinajstić information content (AvgIpc) is 2.25. The molecule has 5 N–H and O–H groups in total. The van der Waals surface area contributed by atoms with Crippen molar-refractivity contribution in [3.8, 4) is 0 Å². The summed E-state index contributed by atoms with van der Waals surface area (Å²) in [5.74, 6) is 0. The summed E-state index contributed by atoms with van der Waals surface area (Å²) in [5, 5.41) is 8.17. The number of benzene rings is 1. The average molecular weight is 257 g/mol. The molecule has 6 heteroatoms. The molecule has 17 heavy (non-hydrogen) atoms. The van der Waals surface area contributed by atoms with Crippen LogP contribution in [0.4, 0.5) is 11.4 Å². The maximum atomic E-state index is 11.2. The molecule has 0 heterocycles. The van der Waals surface area contributed by atoms with Gasteiger partial charge in [0.05, 0.1) is 16.3 Å². The molecule has 0 radical (unpaired) electrons. The highest BCUT2D eigenvalue weighted by molar-refractivity contribution is 7.89. The summed E-state index contributed by atoms with van der Waals surface area (Å²) in [6, 6.07) is 4.42. The Bertz CT molecular complexity index is 472. The van der Waals surface area contributed by atoms with Crippen LogP contribution in [-0.4, -0.2) is 15.0 Å². The van der Waals surface area contributed by atoms with Gasteiger partial charge in [0.1, 0.15) is 0 Å². The Morgan fingerprint density at radius 1 is 1.29 bits per heavy atom. The summed E-state index contributed by atoms with van der Waals surface area (Å²) in [6.45, 7) is 2.89. The second kappa shape index (κ2) is 5.88. The second-order valence-corrected chi connectivity index (χ2v) is 5.49. The van der Waals surface area contributed by atoms with Crippen LogP contribution >= 0.6 is 0 Å². The van der Waals surface area contributed by atoms with Gasteiger partial charge in [-0.25, -0.2) is 13.6 Å². The summed E-state index contributed by atoms with van der Waals surface area (Å²) >= 11 is 0. The molecule has 1 aromatic carbocycles. The molecule has 0 saturated heterocycles. The van der Waals surface area contributed by atoms with Gasteiger partial charge in [-0.05, 0) is 24.6 Å². The molecule has 5 nitrogen and oxygen atoms in total. The highest BCUT2D eigenvalue weighted by atomic mass is 32.2. The largest absolute Gasteiger partial charge is 0.397 e. The zero-order valence-electron chi connectivity index (χ0n) is 9.94. The number of unbranched alkanes of at least 4 members (excludes halogenated alkanes) is 2. The second-order valence-electron chi connectivity index (χ2n) is 3.93. The monoisotopic (exact) mass is 257 g/mol. The van der Waals surface area contributed by atoms with Crippen LogP contribution in [0.2, 0.25) is 0 Å². The Morgan fingerprint density at radius 2 is 2.00 bits per heavy atom. The molecular formula is C11H19N3O2S. The van der Waals surface area contributed by atoms with E-state index in [4.69, 9.17) is 10.9 Å². The molecule has 0 saturated carbocycles. The maximum Gasteiger partial charge on any atom is 0.238 e. The Balaban J connectivity index is 2.77. The molecule has 0 unspecified atom stereocenters. The lowest BCUT2D eigenvalue weighted by Gasteiger charge is -2.10. The number of anilines is 2. The summed E-state index contributed by atoms with van der Waals surface area (Å²) in [5.41, 5.74) is 6.89. The zero-order chi connectivity index (χ0) is 12.9. The third-order valence-electron chi connectivity index (χ3n) is 2.45. The van der Waals surface area contributed by atoms with Crippen LogP contribution in [0.25, 0.3) is 0 Å². The highest BCUT2D eigenvalue weighted by Crippen LogP contribution is 2.22. The van der Waals surface area contributed by atoms with E-state index in [1.54, 1.807) is 6.07 Å². The van der Waals surface area contributed by atoms with Gasteiger partial charge in [-0.1, -0.05) is 19.8 Å². The predicted octanol–water partition coefficient (Wildman–Crippen LogP) is 1.52. The molecule has 0 aliphatic rings. The van der Waals surface area contributed by atoms with Gasteiger partial charge < -0.3 is 11.1 Å². The SMILES string of the molecule is CCCCCNc1cc(S(N)(=O)=O)ccc1N. The van der Waals surface area contributed by atoms with E-state index in [0.29, 0.717) is 11.4 Å². The van der Waals surface area contributed by atoms with E-state index in [1.165, 1.54) is 12.1 Å². The molecule has 0 aliphatic carbocycles. The minimum Gasteiger partial charge on any atom is -0.397 e. The fraction of sp³-hybridized carbons (Fsp3) is 0.455. The normalized spacial score (nSPS) is 11.4. The fourth-order valence-electron chi connectivity index (χ4n) is 1.46. The molecule has 0 bridgehead atoms. The number of hydrogen-bond donors (Lipinski definition) is 3. The van der Waals surface area contributed by atoms with Crippen molar-refractivity contribution in [3.05, 3.63) is 18.2 Å². The quantitative estimate of drug-likeness (QED) is 0.531. The first-order valence-corrected chi connectivity index (χ1v) is 7.16. The highest BCUT2D eigenvalue weighted by Gasteiger charge is 2.09. The van der Waals surface area contributed by atoms with Crippen molar-refractivity contribution in [1.29, 1.82) is 0 Å². The van der Waals surface area contributed by atoms with Gasteiger partial charge in [0, 0.05) is 6.54 Å². The van der Waals surface area contributed by atoms with E-state index >= 15 is 0 Å². The van der Waals surface area contributed by atoms with E-state index in [0.717, 1.165) is 25.8 Å². The lowest BCUT2D eigenvalue weighted by molar-refractivity contribution is 0.598. The summed E-state index contributed by atoms with van der Waals surface area (Å²) in [6.07, 6.45) is 3.28. The number of hydrogen-bond acceptors (Lipinski definition) is 4. The number of rotatable bonds is 6. The van der Waals surface area contributed by atoms with Gasteiger partial charge in [-0.2, -0.15) is 0 Å². The maximum absolute atomic E-state index is 11.2. The molecule has 0 atom stereocenters. The van der Waals surface area contributed by atoms with E-state index in [9.17, 15) is 8.42 Å². The van der Waals surface area contributed by atoms with E-state index < -0.39 is 10.0 Å². The number of nitrogen functional groups attached to an aromatic ring is 1. The van der Waals surface area contributed by atoms with Crippen molar-refractivity contribution in [2.75, 3.05) is 17.6 Å². The van der Waals surface area contributed by atoms with Gasteiger partial charge in [-0.15, -0.1) is 0 Å². The Hall–Kier alpha value is -1.27. The van der Waals surface area contributed by atoms with Crippen molar-refractivity contribution in [3.63, 3.8) is 0 Å². The van der Waals surface area contributed by atoms with Crippen molar-refractivity contribution >= 4 is 21.4 Å². The Labute approximate surface area is 102 Å². The summed E-state index contributed by atoms with van der Waals surface area (Å²) in [4.78, 5) is 0.0738. The van der Waals surface area contributed by atoms with Crippen molar-refractivity contribution in [2.45, 2.75) is 31.1 Å². The third-order valence-corrected chi connectivity index (χ3v) is 3.36. The molecule has 1 aromatic rings. The van der Waals surface area contributed by atoms with Gasteiger partial charge in [0.25, 0.3) is 0 Å². The first-order valence-electron chi connectivity index (χ1n) is 5.61. The molecule has 0 fully saturated rings. The van der Waals surface area contributed by atoms with Gasteiger partial charge >= 0.3 is 0 Å². The number of primary sulfonamides is 1. The van der Waals surface area contributed by atoms with E-state index in [2.05, 4.69) is 12.2 Å². The molecule has 96 valence electrons. The number of nitrogens with two attached hydrogens (primary N) is 2. The minimum atomic E-state index is -3.67. The van der Waals surface area contributed by atoms with Gasteiger partial charge in [0.2, 0.25) is 10.0 Å². The van der Waals surface area contributed by atoms with Crippen LogP contribution < -0.4 is 16.2 Å². The first kappa shape index (κ1) is 13.8. The topological polar surface area (TPSA) is 98.2 Å². The third kappa shape index (κ3) is 4.24. The van der Waals surface area contributed by atoms with Gasteiger partial charge in [-0.3, -0.25) is 0 Å². The van der Waals surface area contributed by atoms with Gasteiger partial charge in [0.15, 0.2) is 0 Å². The number of nitrogens with one attached hydrogen (secondary N) is 1. The molecule has 0 aliphatic heterocycles. The molecule has 1 rings (SSSR count). The van der Waals surface area contributed by atoms with Crippen LogP contribution in [0.1, 0.15) is 26.2 Å². The summed E-state index contributed by atoms with van der Waals surface area (Å²) < 4.78 is 22.4. The minimum absolute atomic E-state index is 0.0738. The molecule has 0 amide bonds. The Morgan fingerprint density at radius 3 is 2.59 bits per heavy atom. The lowest BCUT2D eigenvalue weighted by Crippen LogP contribution is -2.13. The van der Waals surface area contributed by atoms with Crippen molar-refractivity contribution in [2.24, 2.45) is 5.14 Å². The van der Waals surface area contributed by atoms with Crippen LogP contribution in [0, 0.1) is 0 Å².